The largest absolute Gasteiger partial charge is 0.373 e. The smallest absolute Gasteiger partial charge is 0.322 e. The zero-order valence-electron chi connectivity index (χ0n) is 14.1. The zero-order valence-corrected chi connectivity index (χ0v) is 14.1. The molecule has 2 aliphatic rings. The van der Waals surface area contributed by atoms with E-state index in [9.17, 15) is 4.79 Å². The number of anilines is 1. The molecule has 5 nitrogen and oxygen atoms in total. The van der Waals surface area contributed by atoms with Gasteiger partial charge in [-0.15, -0.1) is 0 Å². The Morgan fingerprint density at radius 2 is 1.91 bits per heavy atom. The fraction of sp³-hybridized carbons (Fsp3) is 0.611. The number of hydrogen-bond acceptors (Lipinski definition) is 3. The first-order valence-electron chi connectivity index (χ1n) is 8.62. The summed E-state index contributed by atoms with van der Waals surface area (Å²) >= 11 is 0. The van der Waals surface area contributed by atoms with Gasteiger partial charge in [0.2, 0.25) is 0 Å². The monoisotopic (exact) mass is 317 g/mol. The van der Waals surface area contributed by atoms with E-state index < -0.39 is 0 Å². The van der Waals surface area contributed by atoms with E-state index in [0.29, 0.717) is 6.04 Å². The Balaban J connectivity index is 1.58. The van der Waals surface area contributed by atoms with Crippen LogP contribution in [0.15, 0.2) is 30.3 Å². The van der Waals surface area contributed by atoms with Gasteiger partial charge in [0, 0.05) is 37.9 Å². The molecule has 2 heterocycles. The number of amides is 2. The van der Waals surface area contributed by atoms with Crippen LogP contribution in [0, 0.1) is 0 Å². The van der Waals surface area contributed by atoms with Gasteiger partial charge in [0.05, 0.1) is 12.2 Å². The standard InChI is InChI=1S/C18H27N3O2/c1-14-11-20(12-15(2)23-14)13-17-9-6-10-21(17)18(22)19-16-7-4-3-5-8-16/h3-5,7-8,14-15,17H,6,9-13H2,1-2H3,(H,19,22)/t14-,15+,17-/m0/s1. The van der Waals surface area contributed by atoms with E-state index in [4.69, 9.17) is 4.74 Å². The lowest BCUT2D eigenvalue weighted by Crippen LogP contribution is -2.51. The van der Waals surface area contributed by atoms with Crippen LogP contribution in [-0.2, 0) is 4.74 Å². The number of nitrogens with one attached hydrogen (secondary N) is 1. The van der Waals surface area contributed by atoms with E-state index in [2.05, 4.69) is 24.1 Å². The number of nitrogens with zero attached hydrogens (tertiary/aromatic N) is 2. The third-order valence-electron chi connectivity index (χ3n) is 4.63. The topological polar surface area (TPSA) is 44.8 Å². The molecule has 23 heavy (non-hydrogen) atoms. The Morgan fingerprint density at radius 1 is 1.22 bits per heavy atom. The number of ether oxygens (including phenoxy) is 1. The fourth-order valence-electron chi connectivity index (χ4n) is 3.74. The Bertz CT molecular complexity index is 512. The maximum Gasteiger partial charge on any atom is 0.322 e. The number of urea groups is 1. The van der Waals surface area contributed by atoms with E-state index in [1.165, 1.54) is 0 Å². The van der Waals surface area contributed by atoms with Crippen LogP contribution < -0.4 is 5.32 Å². The summed E-state index contributed by atoms with van der Waals surface area (Å²) < 4.78 is 5.80. The molecule has 3 atom stereocenters. The Hall–Kier alpha value is -1.59. The quantitative estimate of drug-likeness (QED) is 0.932. The van der Waals surface area contributed by atoms with Crippen molar-refractivity contribution in [2.75, 3.05) is 31.5 Å². The minimum Gasteiger partial charge on any atom is -0.373 e. The number of morpholine rings is 1. The summed E-state index contributed by atoms with van der Waals surface area (Å²) in [6.07, 6.45) is 2.71. The average Bonchev–Trinajstić information content (AvgIpc) is 2.95. The highest BCUT2D eigenvalue weighted by Gasteiger charge is 2.32. The van der Waals surface area contributed by atoms with Crippen molar-refractivity contribution < 1.29 is 9.53 Å². The molecule has 3 rings (SSSR count). The molecule has 0 aromatic heterocycles. The highest BCUT2D eigenvalue weighted by molar-refractivity contribution is 5.89. The molecular formula is C18H27N3O2. The molecule has 2 saturated heterocycles. The lowest BCUT2D eigenvalue weighted by Gasteiger charge is -2.38. The van der Waals surface area contributed by atoms with Gasteiger partial charge in [0.1, 0.15) is 0 Å². The van der Waals surface area contributed by atoms with Gasteiger partial charge >= 0.3 is 6.03 Å². The van der Waals surface area contributed by atoms with Crippen molar-refractivity contribution in [3.8, 4) is 0 Å². The van der Waals surface area contributed by atoms with Crippen molar-refractivity contribution in [1.82, 2.24) is 9.80 Å². The SMILES string of the molecule is C[C@@H]1CN(C[C@@H]2CCCN2C(=O)Nc2ccccc2)C[C@H](C)O1. The lowest BCUT2D eigenvalue weighted by molar-refractivity contribution is -0.0712. The van der Waals surface area contributed by atoms with Crippen molar-refractivity contribution in [3.05, 3.63) is 30.3 Å². The van der Waals surface area contributed by atoms with Crippen molar-refractivity contribution in [2.45, 2.75) is 44.9 Å². The second-order valence-electron chi connectivity index (χ2n) is 6.76. The van der Waals surface area contributed by atoms with Crippen LogP contribution in [0.5, 0.6) is 0 Å². The van der Waals surface area contributed by atoms with Gasteiger partial charge < -0.3 is 15.0 Å². The number of hydrogen-bond donors (Lipinski definition) is 1. The highest BCUT2D eigenvalue weighted by Crippen LogP contribution is 2.21. The molecule has 1 N–H and O–H groups in total. The minimum absolute atomic E-state index is 0.0213. The third-order valence-corrected chi connectivity index (χ3v) is 4.63. The Labute approximate surface area is 138 Å². The molecule has 0 spiro atoms. The maximum absolute atomic E-state index is 12.6. The van der Waals surface area contributed by atoms with Crippen LogP contribution in [0.4, 0.5) is 10.5 Å². The van der Waals surface area contributed by atoms with Crippen LogP contribution in [0.1, 0.15) is 26.7 Å². The molecule has 2 aliphatic heterocycles. The fourth-order valence-corrected chi connectivity index (χ4v) is 3.74. The molecule has 2 amide bonds. The predicted molar refractivity (Wildman–Crippen MR) is 91.6 cm³/mol. The van der Waals surface area contributed by atoms with Gasteiger partial charge in [-0.1, -0.05) is 18.2 Å². The van der Waals surface area contributed by atoms with Crippen LogP contribution in [-0.4, -0.2) is 60.3 Å². The molecule has 1 aromatic carbocycles. The number of benzene rings is 1. The van der Waals surface area contributed by atoms with Gasteiger partial charge in [-0.05, 0) is 38.8 Å². The van der Waals surface area contributed by atoms with E-state index in [1.807, 2.05) is 35.2 Å². The van der Waals surface area contributed by atoms with Crippen molar-refractivity contribution in [2.24, 2.45) is 0 Å². The van der Waals surface area contributed by atoms with Crippen LogP contribution in [0.3, 0.4) is 0 Å². The Morgan fingerprint density at radius 3 is 2.61 bits per heavy atom. The molecule has 0 saturated carbocycles. The second-order valence-corrected chi connectivity index (χ2v) is 6.76. The molecule has 2 fully saturated rings. The first-order valence-corrected chi connectivity index (χ1v) is 8.62. The molecule has 126 valence electrons. The minimum atomic E-state index is 0.0213. The lowest BCUT2D eigenvalue weighted by atomic mass is 10.1. The number of carbonyl (C=O) groups excluding carboxylic acids is 1. The Kier molecular flexibility index (Phi) is 5.18. The molecule has 0 unspecified atom stereocenters. The van der Waals surface area contributed by atoms with E-state index in [1.54, 1.807) is 0 Å². The molecule has 0 radical (unpaired) electrons. The first-order chi connectivity index (χ1) is 11.1. The summed E-state index contributed by atoms with van der Waals surface area (Å²) in [5.74, 6) is 0. The summed E-state index contributed by atoms with van der Waals surface area (Å²) in [5, 5.41) is 3.01. The number of carbonyl (C=O) groups is 1. The van der Waals surface area contributed by atoms with Gasteiger partial charge in [0.25, 0.3) is 0 Å². The number of likely N-dealkylation sites (tertiary alicyclic amines) is 1. The summed E-state index contributed by atoms with van der Waals surface area (Å²) in [4.78, 5) is 17.0. The van der Waals surface area contributed by atoms with E-state index >= 15 is 0 Å². The first kappa shape index (κ1) is 16.3. The molecule has 0 aliphatic carbocycles. The second kappa shape index (κ2) is 7.32. The summed E-state index contributed by atoms with van der Waals surface area (Å²) in [7, 11) is 0. The zero-order chi connectivity index (χ0) is 16.2. The van der Waals surface area contributed by atoms with Gasteiger partial charge in [-0.25, -0.2) is 4.79 Å². The van der Waals surface area contributed by atoms with Crippen LogP contribution in [0.25, 0.3) is 0 Å². The third kappa shape index (κ3) is 4.24. The molecule has 5 heteroatoms. The van der Waals surface area contributed by atoms with Crippen LogP contribution in [0.2, 0.25) is 0 Å². The molecule has 1 aromatic rings. The van der Waals surface area contributed by atoms with Crippen molar-refractivity contribution in [3.63, 3.8) is 0 Å². The molecular weight excluding hydrogens is 290 g/mol. The predicted octanol–water partition coefficient (Wildman–Crippen LogP) is 2.79. The summed E-state index contributed by atoms with van der Waals surface area (Å²) in [6.45, 7) is 7.94. The maximum atomic E-state index is 12.6. The molecule has 0 bridgehead atoms. The number of para-hydroxylation sites is 1. The van der Waals surface area contributed by atoms with Gasteiger partial charge in [0.15, 0.2) is 0 Å². The number of rotatable bonds is 3. The normalized spacial score (nSPS) is 28.8. The van der Waals surface area contributed by atoms with Gasteiger partial charge in [-0.3, -0.25) is 4.90 Å². The highest BCUT2D eigenvalue weighted by atomic mass is 16.5. The van der Waals surface area contributed by atoms with Crippen LogP contribution >= 0.6 is 0 Å². The average molecular weight is 317 g/mol. The van der Waals surface area contributed by atoms with Gasteiger partial charge in [-0.2, -0.15) is 0 Å². The van der Waals surface area contributed by atoms with Crippen molar-refractivity contribution in [1.29, 1.82) is 0 Å². The summed E-state index contributed by atoms with van der Waals surface area (Å²) in [5.41, 5.74) is 0.858. The van der Waals surface area contributed by atoms with E-state index in [-0.39, 0.29) is 18.2 Å². The van der Waals surface area contributed by atoms with E-state index in [0.717, 1.165) is 44.7 Å². The summed E-state index contributed by atoms with van der Waals surface area (Å²) in [6, 6.07) is 10.0. The van der Waals surface area contributed by atoms with Crippen molar-refractivity contribution >= 4 is 11.7 Å².